The average Bonchev–Trinajstić information content (AvgIpc) is 2.34. The second kappa shape index (κ2) is 6.98. The minimum atomic E-state index is -0.840. The molecule has 18 heavy (non-hydrogen) atoms. The normalized spacial score (nSPS) is 12.2. The van der Waals surface area contributed by atoms with Gasteiger partial charge in [0.15, 0.2) is 0 Å². The zero-order chi connectivity index (χ0) is 13.5. The number of carboxylic acids is 1. The third kappa shape index (κ3) is 4.73. The highest BCUT2D eigenvalue weighted by Gasteiger charge is 2.07. The van der Waals surface area contributed by atoms with Crippen LogP contribution in [0.25, 0.3) is 0 Å². The first-order valence-corrected chi connectivity index (χ1v) is 5.88. The molecule has 1 unspecified atom stereocenters. The SMILES string of the molecule is CN(C)c1ccc(C(O)CNCCC(=O)O)cc1. The lowest BCUT2D eigenvalue weighted by Crippen LogP contribution is -2.24. The predicted molar refractivity (Wildman–Crippen MR) is 70.9 cm³/mol. The van der Waals surface area contributed by atoms with Gasteiger partial charge in [0.2, 0.25) is 0 Å². The van der Waals surface area contributed by atoms with Gasteiger partial charge in [-0.25, -0.2) is 0 Å². The van der Waals surface area contributed by atoms with Crippen molar-refractivity contribution in [3.8, 4) is 0 Å². The first-order chi connectivity index (χ1) is 8.50. The largest absolute Gasteiger partial charge is 0.481 e. The summed E-state index contributed by atoms with van der Waals surface area (Å²) in [5, 5.41) is 21.3. The molecule has 1 atom stereocenters. The summed E-state index contributed by atoms with van der Waals surface area (Å²) in [6.45, 7) is 0.719. The summed E-state index contributed by atoms with van der Waals surface area (Å²) in [7, 11) is 3.91. The minimum absolute atomic E-state index is 0.0618. The highest BCUT2D eigenvalue weighted by molar-refractivity contribution is 5.66. The molecule has 0 amide bonds. The number of aliphatic hydroxyl groups is 1. The Labute approximate surface area is 107 Å². The molecule has 0 aromatic heterocycles. The molecule has 0 spiro atoms. The molecule has 1 aromatic rings. The molecule has 5 heteroatoms. The molecule has 1 aromatic carbocycles. The van der Waals surface area contributed by atoms with E-state index in [2.05, 4.69) is 5.32 Å². The van der Waals surface area contributed by atoms with Gasteiger partial charge in [0, 0.05) is 32.9 Å². The summed E-state index contributed by atoms with van der Waals surface area (Å²) >= 11 is 0. The Morgan fingerprint density at radius 2 is 1.94 bits per heavy atom. The van der Waals surface area contributed by atoms with Crippen molar-refractivity contribution >= 4 is 11.7 Å². The maximum absolute atomic E-state index is 10.3. The molecule has 0 fully saturated rings. The fourth-order valence-electron chi connectivity index (χ4n) is 1.55. The van der Waals surface area contributed by atoms with Gasteiger partial charge in [0.25, 0.3) is 0 Å². The zero-order valence-electron chi connectivity index (χ0n) is 10.8. The van der Waals surface area contributed by atoms with E-state index in [4.69, 9.17) is 5.11 Å². The van der Waals surface area contributed by atoms with Gasteiger partial charge < -0.3 is 20.4 Å². The molecule has 100 valence electrons. The lowest BCUT2D eigenvalue weighted by atomic mass is 10.1. The monoisotopic (exact) mass is 252 g/mol. The Balaban J connectivity index is 2.41. The van der Waals surface area contributed by atoms with Crippen molar-refractivity contribution in [2.75, 3.05) is 32.1 Å². The number of hydrogen-bond donors (Lipinski definition) is 3. The van der Waals surface area contributed by atoms with Crippen molar-refractivity contribution in [2.45, 2.75) is 12.5 Å². The molecule has 0 bridgehead atoms. The number of benzene rings is 1. The van der Waals surface area contributed by atoms with E-state index >= 15 is 0 Å². The Bertz CT molecular complexity index is 376. The third-order valence-corrected chi connectivity index (χ3v) is 2.65. The number of nitrogens with zero attached hydrogens (tertiary/aromatic N) is 1. The topological polar surface area (TPSA) is 72.8 Å². The van der Waals surface area contributed by atoms with Crippen LogP contribution in [-0.2, 0) is 4.79 Å². The molecule has 1 rings (SSSR count). The number of carboxylic acid groups (broad SMARTS) is 1. The number of nitrogens with one attached hydrogen (secondary N) is 1. The van der Waals surface area contributed by atoms with Gasteiger partial charge in [0.1, 0.15) is 0 Å². The molecule has 0 heterocycles. The van der Waals surface area contributed by atoms with E-state index in [0.29, 0.717) is 13.1 Å². The van der Waals surface area contributed by atoms with Gasteiger partial charge in [-0.05, 0) is 17.7 Å². The van der Waals surface area contributed by atoms with Crippen LogP contribution in [0.4, 0.5) is 5.69 Å². The number of rotatable bonds is 7. The van der Waals surface area contributed by atoms with Crippen LogP contribution in [0, 0.1) is 0 Å². The second-order valence-electron chi connectivity index (χ2n) is 4.35. The molecular weight excluding hydrogens is 232 g/mol. The smallest absolute Gasteiger partial charge is 0.304 e. The van der Waals surface area contributed by atoms with Crippen LogP contribution in [0.3, 0.4) is 0 Å². The Hall–Kier alpha value is -1.59. The van der Waals surface area contributed by atoms with Crippen LogP contribution in [0.15, 0.2) is 24.3 Å². The third-order valence-electron chi connectivity index (χ3n) is 2.65. The first kappa shape index (κ1) is 14.5. The van der Waals surface area contributed by atoms with Gasteiger partial charge >= 0.3 is 5.97 Å². The van der Waals surface area contributed by atoms with Crippen LogP contribution in [0.5, 0.6) is 0 Å². The number of carbonyl (C=O) groups is 1. The van der Waals surface area contributed by atoms with Crippen LogP contribution in [0.1, 0.15) is 18.1 Å². The second-order valence-corrected chi connectivity index (χ2v) is 4.35. The summed E-state index contributed by atoms with van der Waals surface area (Å²) in [6, 6.07) is 7.63. The molecule has 3 N–H and O–H groups in total. The quantitative estimate of drug-likeness (QED) is 0.627. The number of aliphatic hydroxyl groups excluding tert-OH is 1. The van der Waals surface area contributed by atoms with Gasteiger partial charge in [0.05, 0.1) is 12.5 Å². The van der Waals surface area contributed by atoms with Crippen LogP contribution in [0.2, 0.25) is 0 Å². The lowest BCUT2D eigenvalue weighted by molar-refractivity contribution is -0.136. The molecule has 0 saturated carbocycles. The molecule has 0 radical (unpaired) electrons. The van der Waals surface area contributed by atoms with Crippen molar-refractivity contribution < 1.29 is 15.0 Å². The summed E-state index contributed by atoms with van der Waals surface area (Å²) in [5.41, 5.74) is 1.90. The fraction of sp³-hybridized carbons (Fsp3) is 0.462. The molecular formula is C13H20N2O3. The van der Waals surface area contributed by atoms with Crippen LogP contribution in [-0.4, -0.2) is 43.4 Å². The van der Waals surface area contributed by atoms with Gasteiger partial charge in [-0.15, -0.1) is 0 Å². The van der Waals surface area contributed by atoms with E-state index in [9.17, 15) is 9.90 Å². The standard InChI is InChI=1S/C13H20N2O3/c1-15(2)11-5-3-10(4-6-11)12(16)9-14-8-7-13(17)18/h3-6,12,14,16H,7-9H2,1-2H3,(H,17,18). The fourth-order valence-corrected chi connectivity index (χ4v) is 1.55. The van der Waals surface area contributed by atoms with Crippen molar-refractivity contribution in [1.29, 1.82) is 0 Å². The first-order valence-electron chi connectivity index (χ1n) is 5.88. The highest BCUT2D eigenvalue weighted by atomic mass is 16.4. The molecule has 0 aliphatic rings. The molecule has 0 aliphatic carbocycles. The van der Waals surface area contributed by atoms with Gasteiger partial charge in [-0.2, -0.15) is 0 Å². The summed E-state index contributed by atoms with van der Waals surface area (Å²) in [6.07, 6.45) is -0.554. The van der Waals surface area contributed by atoms with E-state index in [-0.39, 0.29) is 6.42 Å². The number of anilines is 1. The summed E-state index contributed by atoms with van der Waals surface area (Å²) in [5.74, 6) is -0.840. The highest BCUT2D eigenvalue weighted by Crippen LogP contribution is 2.17. The Morgan fingerprint density at radius 1 is 1.33 bits per heavy atom. The van der Waals surface area contributed by atoms with E-state index in [1.54, 1.807) is 0 Å². The van der Waals surface area contributed by atoms with Crippen molar-refractivity contribution in [1.82, 2.24) is 5.32 Å². The van der Waals surface area contributed by atoms with Crippen molar-refractivity contribution in [3.63, 3.8) is 0 Å². The molecule has 0 saturated heterocycles. The van der Waals surface area contributed by atoms with Crippen molar-refractivity contribution in [2.24, 2.45) is 0 Å². The Kier molecular flexibility index (Phi) is 5.61. The summed E-state index contributed by atoms with van der Waals surface area (Å²) < 4.78 is 0. The predicted octanol–water partition coefficient (Wildman–Crippen LogP) is 0.850. The van der Waals surface area contributed by atoms with Crippen molar-refractivity contribution in [3.05, 3.63) is 29.8 Å². The lowest BCUT2D eigenvalue weighted by Gasteiger charge is -2.15. The van der Waals surface area contributed by atoms with E-state index in [0.717, 1.165) is 11.3 Å². The van der Waals surface area contributed by atoms with E-state index < -0.39 is 12.1 Å². The van der Waals surface area contributed by atoms with E-state index in [1.165, 1.54) is 0 Å². The van der Waals surface area contributed by atoms with Crippen LogP contribution < -0.4 is 10.2 Å². The van der Waals surface area contributed by atoms with Gasteiger partial charge in [-0.1, -0.05) is 12.1 Å². The maximum Gasteiger partial charge on any atom is 0.304 e. The number of aliphatic carboxylic acids is 1. The number of hydrogen-bond acceptors (Lipinski definition) is 4. The molecule has 5 nitrogen and oxygen atoms in total. The molecule has 0 aliphatic heterocycles. The maximum atomic E-state index is 10.3. The van der Waals surface area contributed by atoms with Crippen LogP contribution >= 0.6 is 0 Å². The Morgan fingerprint density at radius 3 is 2.44 bits per heavy atom. The minimum Gasteiger partial charge on any atom is -0.481 e. The van der Waals surface area contributed by atoms with E-state index in [1.807, 2.05) is 43.3 Å². The summed E-state index contributed by atoms with van der Waals surface area (Å²) in [4.78, 5) is 12.3. The average molecular weight is 252 g/mol. The van der Waals surface area contributed by atoms with Gasteiger partial charge in [-0.3, -0.25) is 4.79 Å². The zero-order valence-corrected chi connectivity index (χ0v) is 10.8.